The van der Waals surface area contributed by atoms with Gasteiger partial charge in [0.05, 0.1) is 0 Å². The highest BCUT2D eigenvalue weighted by atomic mass is 79.9. The number of benzene rings is 3. The minimum atomic E-state index is -0.114. The second-order valence-electron chi connectivity index (χ2n) is 5.64. The molecule has 1 N–H and O–H groups in total. The normalized spacial score (nSPS) is 20.5. The fraction of sp³-hybridized carbons (Fsp3) is 0.158. The summed E-state index contributed by atoms with van der Waals surface area (Å²) in [6.45, 7) is 2.19. The van der Waals surface area contributed by atoms with Crippen molar-refractivity contribution in [3.8, 4) is 5.75 Å². The monoisotopic (exact) mass is 353 g/mol. The standard InChI is InChI=1S/C19H16BrNO/c1-12-18-16-5-3-2-4-13(16)8-11-17(18)22-19(21-12)14-6-9-15(20)10-7-14/h2-12,19,21H,1H3. The quantitative estimate of drug-likeness (QED) is 0.637. The van der Waals surface area contributed by atoms with E-state index in [9.17, 15) is 0 Å². The Balaban J connectivity index is 1.77. The van der Waals surface area contributed by atoms with Gasteiger partial charge in [-0.1, -0.05) is 58.4 Å². The minimum absolute atomic E-state index is 0.114. The van der Waals surface area contributed by atoms with Crippen molar-refractivity contribution in [3.05, 3.63) is 76.3 Å². The molecule has 2 unspecified atom stereocenters. The van der Waals surface area contributed by atoms with E-state index in [0.717, 1.165) is 15.8 Å². The van der Waals surface area contributed by atoms with E-state index in [1.165, 1.54) is 16.3 Å². The number of ether oxygens (including phenoxy) is 1. The van der Waals surface area contributed by atoms with Gasteiger partial charge in [0, 0.05) is 21.6 Å². The van der Waals surface area contributed by atoms with Gasteiger partial charge in [-0.2, -0.15) is 0 Å². The zero-order valence-corrected chi connectivity index (χ0v) is 13.8. The Kier molecular flexibility index (Phi) is 3.40. The van der Waals surface area contributed by atoms with Gasteiger partial charge in [0.25, 0.3) is 0 Å². The molecule has 0 saturated heterocycles. The van der Waals surface area contributed by atoms with Crippen LogP contribution in [0.4, 0.5) is 0 Å². The van der Waals surface area contributed by atoms with Gasteiger partial charge in [0.2, 0.25) is 0 Å². The van der Waals surface area contributed by atoms with Gasteiger partial charge in [0.15, 0.2) is 6.23 Å². The average Bonchev–Trinajstić information content (AvgIpc) is 2.55. The Morgan fingerprint density at radius 3 is 2.55 bits per heavy atom. The summed E-state index contributed by atoms with van der Waals surface area (Å²) >= 11 is 3.47. The van der Waals surface area contributed by atoms with Crippen LogP contribution in [0.1, 0.15) is 30.3 Å². The summed E-state index contributed by atoms with van der Waals surface area (Å²) in [5.41, 5.74) is 2.38. The molecule has 0 bridgehead atoms. The molecule has 3 aromatic rings. The molecule has 0 saturated carbocycles. The molecule has 2 atom stereocenters. The van der Waals surface area contributed by atoms with E-state index in [2.05, 4.69) is 76.7 Å². The molecule has 2 nitrogen and oxygen atoms in total. The second kappa shape index (κ2) is 5.41. The average molecular weight is 354 g/mol. The van der Waals surface area contributed by atoms with Crippen LogP contribution in [0.25, 0.3) is 10.8 Å². The van der Waals surface area contributed by atoms with Crippen LogP contribution in [-0.4, -0.2) is 0 Å². The maximum Gasteiger partial charge on any atom is 0.176 e. The van der Waals surface area contributed by atoms with Crippen LogP contribution in [0.3, 0.4) is 0 Å². The molecule has 0 radical (unpaired) electrons. The summed E-state index contributed by atoms with van der Waals surface area (Å²) in [6.07, 6.45) is -0.114. The van der Waals surface area contributed by atoms with Crippen molar-refractivity contribution in [2.45, 2.75) is 19.2 Å². The van der Waals surface area contributed by atoms with E-state index < -0.39 is 0 Å². The van der Waals surface area contributed by atoms with Crippen molar-refractivity contribution < 1.29 is 4.74 Å². The lowest BCUT2D eigenvalue weighted by atomic mass is 9.96. The number of halogens is 1. The molecule has 0 spiro atoms. The number of rotatable bonds is 1. The fourth-order valence-electron chi connectivity index (χ4n) is 3.10. The summed E-state index contributed by atoms with van der Waals surface area (Å²) < 4.78 is 7.29. The van der Waals surface area contributed by atoms with Gasteiger partial charge in [-0.15, -0.1) is 0 Å². The third-order valence-corrected chi connectivity index (χ3v) is 4.71. The van der Waals surface area contributed by atoms with E-state index in [1.807, 2.05) is 12.1 Å². The molecule has 0 fully saturated rings. The lowest BCUT2D eigenvalue weighted by Gasteiger charge is -2.33. The highest BCUT2D eigenvalue weighted by Crippen LogP contribution is 2.39. The van der Waals surface area contributed by atoms with Gasteiger partial charge in [-0.3, -0.25) is 5.32 Å². The van der Waals surface area contributed by atoms with Crippen LogP contribution in [0.2, 0.25) is 0 Å². The van der Waals surface area contributed by atoms with Gasteiger partial charge >= 0.3 is 0 Å². The summed E-state index contributed by atoms with van der Waals surface area (Å²) in [6, 6.07) is 21.2. The van der Waals surface area contributed by atoms with Crippen molar-refractivity contribution in [1.29, 1.82) is 0 Å². The Bertz CT molecular complexity index is 828. The molecule has 110 valence electrons. The molecule has 1 aliphatic heterocycles. The Morgan fingerprint density at radius 1 is 0.955 bits per heavy atom. The first-order valence-electron chi connectivity index (χ1n) is 7.42. The molecule has 1 heterocycles. The van der Waals surface area contributed by atoms with Crippen molar-refractivity contribution in [2.24, 2.45) is 0 Å². The first-order chi connectivity index (χ1) is 10.7. The lowest BCUT2D eigenvalue weighted by molar-refractivity contribution is 0.129. The minimum Gasteiger partial charge on any atom is -0.471 e. The van der Waals surface area contributed by atoms with E-state index >= 15 is 0 Å². The largest absolute Gasteiger partial charge is 0.471 e. The zero-order chi connectivity index (χ0) is 15.1. The van der Waals surface area contributed by atoms with Crippen molar-refractivity contribution >= 4 is 26.7 Å². The van der Waals surface area contributed by atoms with Crippen molar-refractivity contribution in [2.75, 3.05) is 0 Å². The summed E-state index contributed by atoms with van der Waals surface area (Å²) in [7, 11) is 0. The third kappa shape index (κ3) is 2.31. The van der Waals surface area contributed by atoms with E-state index in [-0.39, 0.29) is 12.3 Å². The third-order valence-electron chi connectivity index (χ3n) is 4.18. The summed E-state index contributed by atoms with van der Waals surface area (Å²) in [5, 5.41) is 6.07. The van der Waals surface area contributed by atoms with E-state index in [1.54, 1.807) is 0 Å². The highest BCUT2D eigenvalue weighted by molar-refractivity contribution is 9.10. The van der Waals surface area contributed by atoms with Crippen molar-refractivity contribution in [3.63, 3.8) is 0 Å². The van der Waals surface area contributed by atoms with Crippen LogP contribution < -0.4 is 10.1 Å². The molecule has 0 amide bonds. The Hall–Kier alpha value is -1.84. The number of hydrogen-bond donors (Lipinski definition) is 1. The molecule has 4 rings (SSSR count). The first kappa shape index (κ1) is 13.8. The van der Waals surface area contributed by atoms with Crippen LogP contribution in [-0.2, 0) is 0 Å². The lowest BCUT2D eigenvalue weighted by Crippen LogP contribution is -2.33. The smallest absolute Gasteiger partial charge is 0.176 e. The molecule has 0 aromatic heterocycles. The van der Waals surface area contributed by atoms with E-state index in [4.69, 9.17) is 4.74 Å². The topological polar surface area (TPSA) is 21.3 Å². The van der Waals surface area contributed by atoms with Gasteiger partial charge in [-0.25, -0.2) is 0 Å². The van der Waals surface area contributed by atoms with Crippen molar-refractivity contribution in [1.82, 2.24) is 5.32 Å². The first-order valence-corrected chi connectivity index (χ1v) is 8.21. The Labute approximate surface area is 138 Å². The van der Waals surface area contributed by atoms with Gasteiger partial charge in [0.1, 0.15) is 5.75 Å². The van der Waals surface area contributed by atoms with Gasteiger partial charge in [-0.05, 0) is 35.9 Å². The van der Waals surface area contributed by atoms with Crippen LogP contribution >= 0.6 is 15.9 Å². The molecular formula is C19H16BrNO. The predicted molar refractivity (Wildman–Crippen MR) is 93.0 cm³/mol. The zero-order valence-electron chi connectivity index (χ0n) is 12.2. The fourth-order valence-corrected chi connectivity index (χ4v) is 3.36. The molecule has 0 aliphatic carbocycles. The SMILES string of the molecule is CC1NC(c2ccc(Br)cc2)Oc2ccc3ccccc3c21. The van der Waals surface area contributed by atoms with Crippen LogP contribution in [0.15, 0.2) is 65.1 Å². The number of hydrogen-bond acceptors (Lipinski definition) is 2. The maximum atomic E-state index is 6.21. The molecular weight excluding hydrogens is 338 g/mol. The van der Waals surface area contributed by atoms with Crippen LogP contribution in [0, 0.1) is 0 Å². The number of nitrogens with one attached hydrogen (secondary N) is 1. The highest BCUT2D eigenvalue weighted by Gasteiger charge is 2.27. The summed E-state index contributed by atoms with van der Waals surface area (Å²) in [4.78, 5) is 0. The predicted octanol–water partition coefficient (Wildman–Crippen LogP) is 5.34. The molecule has 1 aliphatic rings. The Morgan fingerprint density at radius 2 is 1.73 bits per heavy atom. The molecule has 22 heavy (non-hydrogen) atoms. The molecule has 3 aromatic carbocycles. The van der Waals surface area contributed by atoms with Crippen LogP contribution in [0.5, 0.6) is 5.75 Å². The molecule has 3 heteroatoms. The van der Waals surface area contributed by atoms with Gasteiger partial charge < -0.3 is 4.74 Å². The maximum absolute atomic E-state index is 6.21. The van der Waals surface area contributed by atoms with E-state index in [0.29, 0.717) is 0 Å². The second-order valence-corrected chi connectivity index (χ2v) is 6.55. The summed E-state index contributed by atoms with van der Waals surface area (Å²) in [5.74, 6) is 0.970. The number of fused-ring (bicyclic) bond motifs is 3.